The number of nitrogens with two attached hydrogens (primary N) is 1. The molecular formula is C14H14N4O5. The quantitative estimate of drug-likeness (QED) is 0.345. The van der Waals surface area contributed by atoms with Gasteiger partial charge in [-0.05, 0) is 12.1 Å². The summed E-state index contributed by atoms with van der Waals surface area (Å²) in [6.07, 6.45) is 2.46. The Kier molecular flexibility index (Phi) is 4.69. The number of carbonyl (C=O) groups excluding carboxylic acids is 3. The summed E-state index contributed by atoms with van der Waals surface area (Å²) in [5, 5.41) is 13.3. The fourth-order valence-corrected chi connectivity index (χ4v) is 2.00. The molecule has 0 atom stereocenters. The van der Waals surface area contributed by atoms with Crippen molar-refractivity contribution in [2.45, 2.75) is 6.42 Å². The van der Waals surface area contributed by atoms with Gasteiger partial charge in [-0.25, -0.2) is 0 Å². The summed E-state index contributed by atoms with van der Waals surface area (Å²) in [7, 11) is 0. The van der Waals surface area contributed by atoms with Crippen LogP contribution in [0.2, 0.25) is 0 Å². The molecule has 3 N–H and O–H groups in total. The second-order valence-electron chi connectivity index (χ2n) is 4.83. The first-order chi connectivity index (χ1) is 10.9. The van der Waals surface area contributed by atoms with Crippen LogP contribution in [-0.2, 0) is 9.59 Å². The summed E-state index contributed by atoms with van der Waals surface area (Å²) in [6.45, 7) is 0.300. The second-order valence-corrected chi connectivity index (χ2v) is 4.83. The van der Waals surface area contributed by atoms with Gasteiger partial charge in [0, 0.05) is 37.1 Å². The minimum Gasteiger partial charge on any atom is -0.398 e. The van der Waals surface area contributed by atoms with E-state index in [0.29, 0.717) is 0 Å². The van der Waals surface area contributed by atoms with Crippen LogP contribution in [0.25, 0.3) is 0 Å². The van der Waals surface area contributed by atoms with Crippen molar-refractivity contribution in [1.29, 1.82) is 0 Å². The molecule has 9 nitrogen and oxygen atoms in total. The molecule has 0 bridgehead atoms. The molecule has 0 saturated carbocycles. The van der Waals surface area contributed by atoms with Crippen molar-refractivity contribution >= 4 is 29.0 Å². The smallest absolute Gasteiger partial charge is 0.270 e. The van der Waals surface area contributed by atoms with Crippen molar-refractivity contribution in [2.24, 2.45) is 0 Å². The van der Waals surface area contributed by atoms with Gasteiger partial charge in [0.05, 0.1) is 16.9 Å². The minimum atomic E-state index is -0.621. The van der Waals surface area contributed by atoms with E-state index < -0.39 is 10.8 Å². The molecule has 0 spiro atoms. The van der Waals surface area contributed by atoms with Crippen LogP contribution < -0.4 is 11.1 Å². The van der Waals surface area contributed by atoms with E-state index in [1.807, 2.05) is 0 Å². The maximum Gasteiger partial charge on any atom is 0.270 e. The molecular weight excluding hydrogens is 304 g/mol. The summed E-state index contributed by atoms with van der Waals surface area (Å²) in [6, 6.07) is 3.59. The van der Waals surface area contributed by atoms with Gasteiger partial charge in [-0.3, -0.25) is 24.5 Å². The Morgan fingerprint density at radius 2 is 2.13 bits per heavy atom. The molecule has 0 unspecified atom stereocenters. The fourth-order valence-electron chi connectivity index (χ4n) is 2.00. The van der Waals surface area contributed by atoms with Crippen LogP contribution in [0.1, 0.15) is 16.8 Å². The third-order valence-electron chi connectivity index (χ3n) is 3.22. The molecule has 23 heavy (non-hydrogen) atoms. The molecule has 1 aromatic carbocycles. The topological polar surface area (TPSA) is 136 Å². The molecule has 1 aliphatic rings. The number of allylic oxidation sites excluding steroid dienone is 1. The van der Waals surface area contributed by atoms with Gasteiger partial charge < -0.3 is 16.0 Å². The maximum atomic E-state index is 12.0. The first-order valence-corrected chi connectivity index (χ1v) is 6.71. The van der Waals surface area contributed by atoms with E-state index >= 15 is 0 Å². The monoisotopic (exact) mass is 318 g/mol. The zero-order valence-electron chi connectivity index (χ0n) is 12.0. The molecule has 0 fully saturated rings. The Hall–Kier alpha value is -3.23. The van der Waals surface area contributed by atoms with E-state index in [-0.39, 0.29) is 48.1 Å². The van der Waals surface area contributed by atoms with Gasteiger partial charge >= 0.3 is 0 Å². The highest BCUT2D eigenvalue weighted by Crippen LogP contribution is 2.19. The van der Waals surface area contributed by atoms with Gasteiger partial charge in [-0.15, -0.1) is 0 Å². The number of non-ortho nitro benzene ring substituents is 1. The van der Waals surface area contributed by atoms with Gasteiger partial charge in [0.1, 0.15) is 0 Å². The predicted molar refractivity (Wildman–Crippen MR) is 80.3 cm³/mol. The molecule has 1 aliphatic heterocycles. The van der Waals surface area contributed by atoms with Gasteiger partial charge in [0.15, 0.2) is 5.78 Å². The van der Waals surface area contributed by atoms with E-state index in [4.69, 9.17) is 5.73 Å². The van der Waals surface area contributed by atoms with Crippen molar-refractivity contribution in [3.05, 3.63) is 46.2 Å². The normalized spacial score (nSPS) is 14.0. The van der Waals surface area contributed by atoms with Crippen molar-refractivity contribution in [2.75, 3.05) is 18.8 Å². The Morgan fingerprint density at radius 3 is 2.78 bits per heavy atom. The summed E-state index contributed by atoms with van der Waals surface area (Å²) in [5.74, 6) is -1.18. The molecule has 0 saturated heterocycles. The zero-order valence-corrected chi connectivity index (χ0v) is 12.0. The van der Waals surface area contributed by atoms with E-state index in [9.17, 15) is 24.5 Å². The van der Waals surface area contributed by atoms with Gasteiger partial charge in [-0.2, -0.15) is 0 Å². The summed E-state index contributed by atoms with van der Waals surface area (Å²) >= 11 is 0. The predicted octanol–water partition coefficient (Wildman–Crippen LogP) is 0.222. The number of nitro groups is 1. The number of nitrogens with one attached hydrogen (secondary N) is 1. The van der Waals surface area contributed by atoms with Gasteiger partial charge in [0.25, 0.3) is 11.6 Å². The Labute approximate surface area is 130 Å². The molecule has 1 heterocycles. The second kappa shape index (κ2) is 6.69. The largest absolute Gasteiger partial charge is 0.398 e. The Morgan fingerprint density at radius 1 is 1.39 bits per heavy atom. The van der Waals surface area contributed by atoms with E-state index in [0.717, 1.165) is 6.07 Å². The third kappa shape index (κ3) is 3.90. The first kappa shape index (κ1) is 16.1. The average molecular weight is 318 g/mol. The fraction of sp³-hybridized carbons (Fsp3) is 0.214. The SMILES string of the molecule is Nc1ccc([N+](=O)[O-])cc1C(=O)NCCN1C=CC(=O)CC1=O. The highest BCUT2D eigenvalue weighted by Gasteiger charge is 2.19. The molecule has 0 radical (unpaired) electrons. The van der Waals surface area contributed by atoms with Crippen molar-refractivity contribution in [3.63, 3.8) is 0 Å². The molecule has 2 rings (SSSR count). The molecule has 0 aliphatic carbocycles. The number of nitrogen functional groups attached to an aromatic ring is 1. The van der Waals surface area contributed by atoms with Crippen LogP contribution in [0.3, 0.4) is 0 Å². The minimum absolute atomic E-state index is 0.00473. The van der Waals surface area contributed by atoms with E-state index in [2.05, 4.69) is 5.32 Å². The number of nitro benzene ring substituents is 1. The van der Waals surface area contributed by atoms with Crippen LogP contribution in [0, 0.1) is 10.1 Å². The lowest BCUT2D eigenvalue weighted by Crippen LogP contribution is -2.38. The standard InChI is InChI=1S/C14H14N4O5/c15-12-2-1-9(18(22)23)7-11(12)14(21)16-4-6-17-5-3-10(19)8-13(17)20/h1-3,5,7H,4,6,8,15H2,(H,16,21). The van der Waals surface area contributed by atoms with Gasteiger partial charge in [-0.1, -0.05) is 0 Å². The van der Waals surface area contributed by atoms with Crippen molar-refractivity contribution in [3.8, 4) is 0 Å². The zero-order chi connectivity index (χ0) is 17.0. The number of hydrogen-bond acceptors (Lipinski definition) is 6. The summed E-state index contributed by atoms with van der Waals surface area (Å²) < 4.78 is 0. The van der Waals surface area contributed by atoms with Crippen molar-refractivity contribution in [1.82, 2.24) is 10.2 Å². The molecule has 2 amide bonds. The number of amides is 2. The lowest BCUT2D eigenvalue weighted by Gasteiger charge is -2.20. The van der Waals surface area contributed by atoms with Gasteiger partial charge in [0.2, 0.25) is 5.91 Å². The highest BCUT2D eigenvalue weighted by molar-refractivity contribution is 6.06. The molecule has 120 valence electrons. The van der Waals surface area contributed by atoms with Crippen LogP contribution in [0.5, 0.6) is 0 Å². The first-order valence-electron chi connectivity index (χ1n) is 6.71. The third-order valence-corrected chi connectivity index (χ3v) is 3.22. The van der Waals surface area contributed by atoms with Crippen LogP contribution >= 0.6 is 0 Å². The molecule has 0 aromatic heterocycles. The number of benzene rings is 1. The van der Waals surface area contributed by atoms with Crippen molar-refractivity contribution < 1.29 is 19.3 Å². The number of rotatable bonds is 5. The van der Waals surface area contributed by atoms with E-state index in [1.165, 1.54) is 29.3 Å². The molecule has 9 heteroatoms. The number of carbonyl (C=O) groups is 3. The lowest BCUT2D eigenvalue weighted by molar-refractivity contribution is -0.384. The van der Waals surface area contributed by atoms with Crippen LogP contribution in [-0.4, -0.2) is 40.5 Å². The molecule has 1 aromatic rings. The number of nitrogens with zero attached hydrogens (tertiary/aromatic N) is 2. The number of ketones is 1. The summed E-state index contributed by atoms with van der Waals surface area (Å²) in [5.41, 5.74) is 5.52. The Balaban J connectivity index is 1.96. The maximum absolute atomic E-state index is 12.0. The number of hydrogen-bond donors (Lipinski definition) is 2. The Bertz CT molecular complexity index is 713. The van der Waals surface area contributed by atoms with Crippen LogP contribution in [0.15, 0.2) is 30.5 Å². The number of anilines is 1. The van der Waals surface area contributed by atoms with Crippen LogP contribution in [0.4, 0.5) is 11.4 Å². The highest BCUT2D eigenvalue weighted by atomic mass is 16.6. The summed E-state index contributed by atoms with van der Waals surface area (Å²) in [4.78, 5) is 46.1. The average Bonchev–Trinajstić information content (AvgIpc) is 2.49. The lowest BCUT2D eigenvalue weighted by atomic mass is 10.1. The van der Waals surface area contributed by atoms with E-state index in [1.54, 1.807) is 0 Å².